The third-order valence-corrected chi connectivity index (χ3v) is 9.10. The summed E-state index contributed by atoms with van der Waals surface area (Å²) in [6.45, 7) is 22.9. The third-order valence-electron chi connectivity index (χ3n) is 9.10. The van der Waals surface area contributed by atoms with Gasteiger partial charge in [-0.25, -0.2) is 0 Å². The van der Waals surface area contributed by atoms with Crippen LogP contribution in [0, 0.1) is 10.8 Å². The summed E-state index contributed by atoms with van der Waals surface area (Å²) in [4.78, 5) is 11.0. The summed E-state index contributed by atoms with van der Waals surface area (Å²) >= 11 is 0. The van der Waals surface area contributed by atoms with E-state index in [1.54, 1.807) is 0 Å². The molecule has 4 heteroatoms. The first kappa shape index (κ1) is 22.0. The Kier molecular flexibility index (Phi) is 6.95. The third kappa shape index (κ3) is 5.02. The van der Waals surface area contributed by atoms with Crippen LogP contribution in [0.1, 0.15) is 72.6 Å². The van der Waals surface area contributed by atoms with Gasteiger partial charge in [-0.15, -0.1) is 0 Å². The molecule has 4 aliphatic rings. The highest BCUT2D eigenvalue weighted by atomic mass is 15.2. The van der Waals surface area contributed by atoms with E-state index in [0.29, 0.717) is 10.8 Å². The van der Waals surface area contributed by atoms with Crippen LogP contribution in [0.5, 0.6) is 0 Å². The van der Waals surface area contributed by atoms with Crippen molar-refractivity contribution in [3.63, 3.8) is 0 Å². The number of likely N-dealkylation sites (tertiary alicyclic amines) is 4. The van der Waals surface area contributed by atoms with Crippen molar-refractivity contribution in [1.29, 1.82) is 0 Å². The Bertz CT molecular complexity index is 519. The molecule has 4 heterocycles. The number of nitrogens with zero attached hydrogens (tertiary/aromatic N) is 4. The van der Waals surface area contributed by atoms with Crippen molar-refractivity contribution < 1.29 is 0 Å². The lowest BCUT2D eigenvalue weighted by molar-refractivity contribution is -0.0623. The average Bonchev–Trinajstić information content (AvgIpc) is 3.09. The minimum absolute atomic E-state index is 0.621. The van der Waals surface area contributed by atoms with Gasteiger partial charge < -0.3 is 14.7 Å². The van der Waals surface area contributed by atoms with E-state index < -0.39 is 0 Å². The van der Waals surface area contributed by atoms with Crippen LogP contribution in [0.2, 0.25) is 0 Å². The van der Waals surface area contributed by atoms with Crippen LogP contribution in [0.4, 0.5) is 0 Å². The lowest BCUT2D eigenvalue weighted by Gasteiger charge is -2.55. The van der Waals surface area contributed by atoms with Gasteiger partial charge in [0.15, 0.2) is 0 Å². The molecule has 0 N–H and O–H groups in total. The van der Waals surface area contributed by atoms with Gasteiger partial charge in [0, 0.05) is 38.3 Å². The van der Waals surface area contributed by atoms with E-state index in [-0.39, 0.29) is 0 Å². The summed E-state index contributed by atoms with van der Waals surface area (Å²) in [5.41, 5.74) is 1.31. The second-order valence-corrected chi connectivity index (χ2v) is 11.5. The van der Waals surface area contributed by atoms with Crippen molar-refractivity contribution in [3.05, 3.63) is 0 Å². The number of hydrogen-bond donors (Lipinski definition) is 0. The van der Waals surface area contributed by atoms with Crippen molar-refractivity contribution in [2.24, 2.45) is 10.8 Å². The molecule has 0 aromatic rings. The van der Waals surface area contributed by atoms with Crippen LogP contribution in [0.15, 0.2) is 0 Å². The largest absolute Gasteiger partial charge is 0.303 e. The minimum atomic E-state index is 0.621. The predicted molar refractivity (Wildman–Crippen MR) is 123 cm³/mol. The number of rotatable bonds is 7. The van der Waals surface area contributed by atoms with E-state index >= 15 is 0 Å². The Balaban J connectivity index is 1.13. The van der Waals surface area contributed by atoms with Crippen LogP contribution in [0.3, 0.4) is 0 Å². The second kappa shape index (κ2) is 9.14. The van der Waals surface area contributed by atoms with Gasteiger partial charge in [0.25, 0.3) is 0 Å². The molecule has 4 fully saturated rings. The fourth-order valence-electron chi connectivity index (χ4n) is 6.80. The molecule has 4 rings (SSSR count). The van der Waals surface area contributed by atoms with Gasteiger partial charge >= 0.3 is 0 Å². The SMILES string of the molecule is CCN1CCCC2(CCN(C(C)CCCN3CCC4(CC3)CN(C(C)C)C4)C2)C1. The molecule has 0 bridgehead atoms. The maximum atomic E-state index is 2.83. The topological polar surface area (TPSA) is 13.0 Å². The molecule has 2 spiro atoms. The quantitative estimate of drug-likeness (QED) is 0.640. The maximum absolute atomic E-state index is 2.83. The highest BCUT2D eigenvalue weighted by Gasteiger charge is 2.45. The van der Waals surface area contributed by atoms with Gasteiger partial charge in [-0.3, -0.25) is 4.90 Å². The monoisotopic (exact) mass is 404 g/mol. The van der Waals surface area contributed by atoms with E-state index in [9.17, 15) is 0 Å². The zero-order valence-electron chi connectivity index (χ0n) is 20.0. The summed E-state index contributed by atoms with van der Waals surface area (Å²) in [6.07, 6.45) is 9.98. The molecule has 168 valence electrons. The molecule has 29 heavy (non-hydrogen) atoms. The molecule has 0 radical (unpaired) electrons. The van der Waals surface area contributed by atoms with Crippen molar-refractivity contribution in [2.75, 3.05) is 65.4 Å². The minimum Gasteiger partial charge on any atom is -0.303 e. The van der Waals surface area contributed by atoms with Gasteiger partial charge in [-0.1, -0.05) is 6.92 Å². The first-order valence-electron chi connectivity index (χ1n) is 12.9. The molecular weight excluding hydrogens is 356 g/mol. The van der Waals surface area contributed by atoms with Crippen LogP contribution in [-0.2, 0) is 0 Å². The molecule has 0 aromatic carbocycles. The lowest BCUT2D eigenvalue weighted by atomic mass is 9.71. The van der Waals surface area contributed by atoms with Crippen molar-refractivity contribution in [2.45, 2.75) is 84.7 Å². The van der Waals surface area contributed by atoms with E-state index in [2.05, 4.69) is 47.3 Å². The summed E-state index contributed by atoms with van der Waals surface area (Å²) in [5.74, 6) is 0. The Labute approximate surface area is 181 Å². The smallest absolute Gasteiger partial charge is 0.00676 e. The highest BCUT2D eigenvalue weighted by Crippen LogP contribution is 2.42. The Hall–Kier alpha value is -0.160. The van der Waals surface area contributed by atoms with E-state index in [0.717, 1.165) is 12.1 Å². The first-order valence-corrected chi connectivity index (χ1v) is 12.9. The van der Waals surface area contributed by atoms with E-state index in [1.807, 2.05) is 0 Å². The van der Waals surface area contributed by atoms with Gasteiger partial charge in [0.2, 0.25) is 0 Å². The molecule has 2 unspecified atom stereocenters. The summed E-state index contributed by atoms with van der Waals surface area (Å²) in [5, 5.41) is 0. The average molecular weight is 405 g/mol. The summed E-state index contributed by atoms with van der Waals surface area (Å²) in [7, 11) is 0. The molecule has 0 aromatic heterocycles. The molecule has 0 saturated carbocycles. The van der Waals surface area contributed by atoms with E-state index in [4.69, 9.17) is 0 Å². The second-order valence-electron chi connectivity index (χ2n) is 11.5. The highest BCUT2D eigenvalue weighted by molar-refractivity contribution is 4.99. The van der Waals surface area contributed by atoms with Crippen LogP contribution >= 0.6 is 0 Å². The predicted octanol–water partition coefficient (Wildman–Crippen LogP) is 3.77. The number of piperidine rings is 2. The molecule has 0 amide bonds. The normalized spacial score (nSPS) is 33.0. The van der Waals surface area contributed by atoms with Crippen LogP contribution in [-0.4, -0.2) is 97.1 Å². The Morgan fingerprint density at radius 2 is 1.38 bits per heavy atom. The molecule has 2 atom stereocenters. The molecule has 4 saturated heterocycles. The van der Waals surface area contributed by atoms with Crippen molar-refractivity contribution >= 4 is 0 Å². The first-order chi connectivity index (χ1) is 13.9. The molecular formula is C25H48N4. The Morgan fingerprint density at radius 3 is 2.07 bits per heavy atom. The lowest BCUT2D eigenvalue weighted by Crippen LogP contribution is -2.62. The maximum Gasteiger partial charge on any atom is 0.00676 e. The summed E-state index contributed by atoms with van der Waals surface area (Å²) < 4.78 is 0. The molecule has 0 aliphatic carbocycles. The van der Waals surface area contributed by atoms with Gasteiger partial charge in [-0.2, -0.15) is 0 Å². The van der Waals surface area contributed by atoms with Gasteiger partial charge in [0.05, 0.1) is 0 Å². The van der Waals surface area contributed by atoms with Crippen molar-refractivity contribution in [1.82, 2.24) is 19.6 Å². The zero-order valence-corrected chi connectivity index (χ0v) is 20.0. The Morgan fingerprint density at radius 1 is 0.724 bits per heavy atom. The van der Waals surface area contributed by atoms with E-state index in [1.165, 1.54) is 110 Å². The molecule has 4 aliphatic heterocycles. The van der Waals surface area contributed by atoms with Gasteiger partial charge in [-0.05, 0) is 116 Å². The fraction of sp³-hybridized carbons (Fsp3) is 1.00. The van der Waals surface area contributed by atoms with Crippen LogP contribution in [0.25, 0.3) is 0 Å². The standard InChI is InChI=1S/C25H48N4/c1-5-26-14-7-9-24(18-26)12-17-28(19-24)23(4)8-6-13-27-15-10-25(11-16-27)20-29(21-25)22(2)3/h22-23H,5-21H2,1-4H3. The molecule has 4 nitrogen and oxygen atoms in total. The summed E-state index contributed by atoms with van der Waals surface area (Å²) in [6, 6.07) is 1.51. The number of hydrogen-bond acceptors (Lipinski definition) is 4. The van der Waals surface area contributed by atoms with Crippen molar-refractivity contribution in [3.8, 4) is 0 Å². The van der Waals surface area contributed by atoms with Gasteiger partial charge in [0.1, 0.15) is 0 Å². The van der Waals surface area contributed by atoms with Crippen LogP contribution < -0.4 is 0 Å². The fourth-order valence-corrected chi connectivity index (χ4v) is 6.80. The zero-order chi connectivity index (χ0) is 20.5.